The van der Waals surface area contributed by atoms with E-state index in [1.54, 1.807) is 0 Å². The number of nitrogens with zero attached hydrogens (tertiary/aromatic N) is 1. The normalized spacial score (nSPS) is 15.0. The maximum absolute atomic E-state index is 12.3. The highest BCUT2D eigenvalue weighted by molar-refractivity contribution is 5.77. The van der Waals surface area contributed by atoms with Gasteiger partial charge in [-0.05, 0) is 56.6 Å². The Balaban J connectivity index is 1.58. The summed E-state index contributed by atoms with van der Waals surface area (Å²) in [5.74, 6) is 0.675. The molecule has 25 heavy (non-hydrogen) atoms. The molecule has 0 atom stereocenters. The Morgan fingerprint density at radius 2 is 1.68 bits per heavy atom. The number of likely N-dealkylation sites (N-methyl/N-ethyl adjacent to an activating group) is 1. The van der Waals surface area contributed by atoms with Gasteiger partial charge in [0.2, 0.25) is 0 Å². The Bertz CT molecular complexity index is 730. The highest BCUT2D eigenvalue weighted by atomic mass is 16.5. The van der Waals surface area contributed by atoms with Crippen LogP contribution in [0.5, 0.6) is 5.75 Å². The Morgan fingerprint density at radius 1 is 1.08 bits per heavy atom. The number of nitrogens with one attached hydrogen (secondary N) is 1. The SMILES string of the molecule is Cc1ccccc1OCC(=O)NCC1(N(C)C)Cc2ccccc2C1. The lowest BCUT2D eigenvalue weighted by molar-refractivity contribution is -0.123. The number of ether oxygens (including phenoxy) is 1. The first-order valence-electron chi connectivity index (χ1n) is 8.69. The zero-order chi connectivity index (χ0) is 17.9. The fourth-order valence-corrected chi connectivity index (χ4v) is 3.45. The topological polar surface area (TPSA) is 41.6 Å². The summed E-state index contributed by atoms with van der Waals surface area (Å²) in [6.45, 7) is 2.63. The summed E-state index contributed by atoms with van der Waals surface area (Å²) in [6, 6.07) is 16.3. The number of hydrogen-bond acceptors (Lipinski definition) is 3. The molecule has 3 rings (SSSR count). The molecular weight excluding hydrogens is 312 g/mol. The minimum Gasteiger partial charge on any atom is -0.484 e. The number of para-hydroxylation sites is 1. The van der Waals surface area contributed by atoms with Crippen molar-refractivity contribution in [3.8, 4) is 5.75 Å². The zero-order valence-corrected chi connectivity index (χ0v) is 15.2. The molecule has 0 saturated carbocycles. The molecular formula is C21H26N2O2. The molecule has 0 aliphatic heterocycles. The van der Waals surface area contributed by atoms with Crippen molar-refractivity contribution in [3.05, 3.63) is 65.2 Å². The molecule has 1 N–H and O–H groups in total. The molecule has 0 fully saturated rings. The van der Waals surface area contributed by atoms with Gasteiger partial charge in [-0.15, -0.1) is 0 Å². The number of amides is 1. The van der Waals surface area contributed by atoms with Crippen LogP contribution in [0.3, 0.4) is 0 Å². The van der Waals surface area contributed by atoms with Gasteiger partial charge in [0.05, 0.1) is 0 Å². The first-order valence-corrected chi connectivity index (χ1v) is 8.69. The zero-order valence-electron chi connectivity index (χ0n) is 15.2. The van der Waals surface area contributed by atoms with Crippen LogP contribution >= 0.6 is 0 Å². The Morgan fingerprint density at radius 3 is 2.28 bits per heavy atom. The summed E-state index contributed by atoms with van der Waals surface area (Å²) in [7, 11) is 4.17. The van der Waals surface area contributed by atoms with Crippen molar-refractivity contribution in [3.63, 3.8) is 0 Å². The first-order chi connectivity index (χ1) is 12.0. The highest BCUT2D eigenvalue weighted by Gasteiger charge is 2.39. The van der Waals surface area contributed by atoms with E-state index in [4.69, 9.17) is 4.74 Å². The van der Waals surface area contributed by atoms with E-state index >= 15 is 0 Å². The second kappa shape index (κ2) is 7.28. The third-order valence-electron chi connectivity index (χ3n) is 5.17. The number of benzene rings is 2. The van der Waals surface area contributed by atoms with E-state index in [9.17, 15) is 4.79 Å². The Labute approximate surface area is 149 Å². The molecule has 0 radical (unpaired) electrons. The van der Waals surface area contributed by atoms with Gasteiger partial charge >= 0.3 is 0 Å². The van der Waals surface area contributed by atoms with Crippen molar-refractivity contribution >= 4 is 5.91 Å². The van der Waals surface area contributed by atoms with E-state index < -0.39 is 0 Å². The van der Waals surface area contributed by atoms with Crippen molar-refractivity contribution in [2.75, 3.05) is 27.2 Å². The van der Waals surface area contributed by atoms with Crippen LogP contribution in [0, 0.1) is 6.92 Å². The molecule has 2 aromatic carbocycles. The first kappa shape index (κ1) is 17.5. The third-order valence-corrected chi connectivity index (χ3v) is 5.17. The van der Waals surface area contributed by atoms with Crippen LogP contribution in [0.1, 0.15) is 16.7 Å². The van der Waals surface area contributed by atoms with Crippen LogP contribution in [0.2, 0.25) is 0 Å². The molecule has 0 unspecified atom stereocenters. The third kappa shape index (κ3) is 3.85. The molecule has 0 bridgehead atoms. The molecule has 0 heterocycles. The molecule has 4 heteroatoms. The van der Waals surface area contributed by atoms with Crippen molar-refractivity contribution in [1.82, 2.24) is 10.2 Å². The highest BCUT2D eigenvalue weighted by Crippen LogP contribution is 2.33. The number of hydrogen-bond donors (Lipinski definition) is 1. The smallest absolute Gasteiger partial charge is 0.258 e. The maximum Gasteiger partial charge on any atom is 0.258 e. The quantitative estimate of drug-likeness (QED) is 0.880. The minimum absolute atomic E-state index is 0.0430. The summed E-state index contributed by atoms with van der Waals surface area (Å²) in [4.78, 5) is 14.5. The molecule has 1 aliphatic rings. The molecule has 4 nitrogen and oxygen atoms in total. The van der Waals surface area contributed by atoms with E-state index in [1.165, 1.54) is 11.1 Å². The van der Waals surface area contributed by atoms with Crippen LogP contribution in [0.25, 0.3) is 0 Å². The lowest BCUT2D eigenvalue weighted by atomic mass is 9.94. The van der Waals surface area contributed by atoms with Crippen LogP contribution in [0.15, 0.2) is 48.5 Å². The summed E-state index contributed by atoms with van der Waals surface area (Å²) in [5.41, 5.74) is 3.72. The van der Waals surface area contributed by atoms with E-state index in [0.717, 1.165) is 24.2 Å². The van der Waals surface area contributed by atoms with Gasteiger partial charge in [-0.2, -0.15) is 0 Å². The van der Waals surface area contributed by atoms with Crippen LogP contribution in [0.4, 0.5) is 0 Å². The van der Waals surface area contributed by atoms with Gasteiger partial charge in [-0.3, -0.25) is 4.79 Å². The molecule has 2 aromatic rings. The summed E-state index contributed by atoms with van der Waals surface area (Å²) >= 11 is 0. The summed E-state index contributed by atoms with van der Waals surface area (Å²) < 4.78 is 5.64. The van der Waals surface area contributed by atoms with Crippen LogP contribution in [-0.4, -0.2) is 43.6 Å². The fraction of sp³-hybridized carbons (Fsp3) is 0.381. The van der Waals surface area contributed by atoms with Gasteiger partial charge in [0.15, 0.2) is 6.61 Å². The lowest BCUT2D eigenvalue weighted by Gasteiger charge is -2.36. The van der Waals surface area contributed by atoms with Gasteiger partial charge in [0.1, 0.15) is 5.75 Å². The van der Waals surface area contributed by atoms with E-state index in [0.29, 0.717) is 6.54 Å². The van der Waals surface area contributed by atoms with Crippen LogP contribution < -0.4 is 10.1 Å². The van der Waals surface area contributed by atoms with Gasteiger partial charge in [0, 0.05) is 12.1 Å². The Kier molecular flexibility index (Phi) is 5.09. The van der Waals surface area contributed by atoms with Gasteiger partial charge in [0.25, 0.3) is 5.91 Å². The van der Waals surface area contributed by atoms with Crippen molar-refractivity contribution in [2.45, 2.75) is 25.3 Å². The second-order valence-corrected chi connectivity index (χ2v) is 7.07. The van der Waals surface area contributed by atoms with E-state index in [1.807, 2.05) is 31.2 Å². The predicted molar refractivity (Wildman–Crippen MR) is 100.0 cm³/mol. The molecule has 0 spiro atoms. The van der Waals surface area contributed by atoms with Gasteiger partial charge in [-0.25, -0.2) is 0 Å². The lowest BCUT2D eigenvalue weighted by Crippen LogP contribution is -2.54. The van der Waals surface area contributed by atoms with E-state index in [2.05, 4.69) is 48.6 Å². The van der Waals surface area contributed by atoms with E-state index in [-0.39, 0.29) is 18.1 Å². The van der Waals surface area contributed by atoms with Crippen molar-refractivity contribution in [2.24, 2.45) is 0 Å². The monoisotopic (exact) mass is 338 g/mol. The number of rotatable bonds is 6. The van der Waals surface area contributed by atoms with Crippen LogP contribution in [-0.2, 0) is 17.6 Å². The Hall–Kier alpha value is -2.33. The molecule has 0 saturated heterocycles. The predicted octanol–water partition coefficient (Wildman–Crippen LogP) is 2.59. The molecule has 1 amide bonds. The largest absolute Gasteiger partial charge is 0.484 e. The molecule has 132 valence electrons. The second-order valence-electron chi connectivity index (χ2n) is 7.07. The summed E-state index contributed by atoms with van der Waals surface area (Å²) in [5, 5.41) is 3.07. The number of aryl methyl sites for hydroxylation is 1. The standard InChI is InChI=1S/C21H26N2O2/c1-16-8-4-7-11-19(16)25-14-20(24)22-15-21(23(2)3)12-17-9-5-6-10-18(17)13-21/h4-11H,12-15H2,1-3H3,(H,22,24). The van der Waals surface area contributed by atoms with Crippen molar-refractivity contribution < 1.29 is 9.53 Å². The van der Waals surface area contributed by atoms with Crippen molar-refractivity contribution in [1.29, 1.82) is 0 Å². The molecule has 1 aliphatic carbocycles. The number of carbonyl (C=O) groups is 1. The maximum atomic E-state index is 12.3. The van der Waals surface area contributed by atoms with Gasteiger partial charge < -0.3 is 15.0 Å². The average molecular weight is 338 g/mol. The average Bonchev–Trinajstić information content (AvgIpc) is 2.99. The number of carbonyl (C=O) groups excluding carboxylic acids is 1. The number of fused-ring (bicyclic) bond motifs is 1. The summed E-state index contributed by atoms with van der Waals surface area (Å²) in [6.07, 6.45) is 1.91. The van der Waals surface area contributed by atoms with Gasteiger partial charge in [-0.1, -0.05) is 42.5 Å². The molecule has 0 aromatic heterocycles. The minimum atomic E-state index is -0.0829. The fourth-order valence-electron chi connectivity index (χ4n) is 3.45.